The number of nitrogens with one attached hydrogen (secondary N) is 1. The number of nitrogens with zero attached hydrogens (tertiary/aromatic N) is 2. The van der Waals surface area contributed by atoms with E-state index in [-0.39, 0.29) is 6.04 Å². The monoisotopic (exact) mass is 294 g/mol. The Hall–Kier alpha value is -1.56. The molecule has 1 unspecified atom stereocenters. The first-order valence-corrected chi connectivity index (χ1v) is 6.73. The summed E-state index contributed by atoms with van der Waals surface area (Å²) in [7, 11) is 3.47. The number of halogens is 1. The van der Waals surface area contributed by atoms with Gasteiger partial charge >= 0.3 is 0 Å². The van der Waals surface area contributed by atoms with E-state index in [0.717, 1.165) is 22.6 Å². The number of benzene rings is 1. The maximum absolute atomic E-state index is 6.28. The molecular formula is C14H19ClN4O. The number of aromatic nitrogens is 2. The van der Waals surface area contributed by atoms with Crippen molar-refractivity contribution in [3.63, 3.8) is 0 Å². The van der Waals surface area contributed by atoms with Gasteiger partial charge < -0.3 is 4.74 Å². The fraction of sp³-hybridized carbons (Fsp3) is 0.357. The molecule has 0 aliphatic heterocycles. The number of para-hydroxylation sites is 1. The van der Waals surface area contributed by atoms with Crippen LogP contribution in [0.1, 0.15) is 22.9 Å². The fourth-order valence-corrected chi connectivity index (χ4v) is 2.57. The molecule has 20 heavy (non-hydrogen) atoms. The van der Waals surface area contributed by atoms with Crippen molar-refractivity contribution in [3.05, 3.63) is 46.2 Å². The van der Waals surface area contributed by atoms with Crippen LogP contribution in [0, 0.1) is 6.92 Å². The predicted octanol–water partition coefficient (Wildman–Crippen LogP) is 2.14. The molecule has 1 aromatic heterocycles. The first-order chi connectivity index (χ1) is 9.58. The highest BCUT2D eigenvalue weighted by atomic mass is 35.5. The molecule has 0 spiro atoms. The lowest BCUT2D eigenvalue weighted by Crippen LogP contribution is -2.30. The van der Waals surface area contributed by atoms with Crippen LogP contribution in [-0.4, -0.2) is 16.9 Å². The second kappa shape index (κ2) is 6.26. The number of hydrogen-bond donors (Lipinski definition) is 2. The highest BCUT2D eigenvalue weighted by molar-refractivity contribution is 6.30. The summed E-state index contributed by atoms with van der Waals surface area (Å²) in [6.07, 6.45) is 0.648. The van der Waals surface area contributed by atoms with E-state index in [1.54, 1.807) is 11.8 Å². The van der Waals surface area contributed by atoms with Gasteiger partial charge in [0.1, 0.15) is 10.9 Å². The Balaban J connectivity index is 2.34. The van der Waals surface area contributed by atoms with Crippen molar-refractivity contribution in [1.82, 2.24) is 15.2 Å². The van der Waals surface area contributed by atoms with Gasteiger partial charge in [-0.05, 0) is 19.4 Å². The molecule has 1 heterocycles. The zero-order valence-electron chi connectivity index (χ0n) is 11.9. The molecule has 0 aliphatic carbocycles. The number of hydrogen-bond acceptors (Lipinski definition) is 4. The summed E-state index contributed by atoms with van der Waals surface area (Å²) in [6, 6.07) is 7.70. The Morgan fingerprint density at radius 3 is 2.70 bits per heavy atom. The second-order valence-electron chi connectivity index (χ2n) is 4.64. The normalized spacial score (nSPS) is 12.4. The Morgan fingerprint density at radius 2 is 2.15 bits per heavy atom. The van der Waals surface area contributed by atoms with Crippen LogP contribution in [-0.2, 0) is 13.5 Å². The van der Waals surface area contributed by atoms with Crippen molar-refractivity contribution >= 4 is 11.6 Å². The zero-order chi connectivity index (χ0) is 14.7. The average molecular weight is 295 g/mol. The van der Waals surface area contributed by atoms with Crippen molar-refractivity contribution in [1.29, 1.82) is 0 Å². The Morgan fingerprint density at radius 1 is 1.45 bits per heavy atom. The fourth-order valence-electron chi connectivity index (χ4n) is 2.32. The molecule has 0 amide bonds. The zero-order valence-corrected chi connectivity index (χ0v) is 12.6. The number of methoxy groups -OCH3 is 1. The smallest absolute Gasteiger partial charge is 0.130 e. The van der Waals surface area contributed by atoms with E-state index in [1.165, 1.54) is 0 Å². The standard InChI is InChI=1S/C14H19ClN4O/c1-9-11(14(15)19(2)18-9)8-12(17-16)10-6-4-5-7-13(10)20-3/h4-7,12,17H,8,16H2,1-3H3. The maximum atomic E-state index is 6.28. The molecule has 2 aromatic rings. The van der Waals surface area contributed by atoms with Gasteiger partial charge in [0.05, 0.1) is 18.8 Å². The maximum Gasteiger partial charge on any atom is 0.130 e. The molecule has 0 saturated carbocycles. The molecule has 0 saturated heterocycles. The number of rotatable bonds is 5. The van der Waals surface area contributed by atoms with Crippen LogP contribution in [0.2, 0.25) is 5.15 Å². The summed E-state index contributed by atoms with van der Waals surface area (Å²) in [6.45, 7) is 1.94. The van der Waals surface area contributed by atoms with E-state index in [9.17, 15) is 0 Å². The lowest BCUT2D eigenvalue weighted by molar-refractivity contribution is 0.399. The van der Waals surface area contributed by atoms with Gasteiger partial charge in [-0.15, -0.1) is 0 Å². The molecule has 2 rings (SSSR count). The molecule has 0 radical (unpaired) electrons. The van der Waals surface area contributed by atoms with Crippen molar-refractivity contribution in [2.45, 2.75) is 19.4 Å². The van der Waals surface area contributed by atoms with E-state index < -0.39 is 0 Å². The second-order valence-corrected chi connectivity index (χ2v) is 5.00. The average Bonchev–Trinajstić information content (AvgIpc) is 2.70. The molecular weight excluding hydrogens is 276 g/mol. The highest BCUT2D eigenvalue weighted by Gasteiger charge is 2.20. The minimum absolute atomic E-state index is 0.0912. The SMILES string of the molecule is COc1ccccc1C(Cc1c(C)nn(C)c1Cl)NN. The van der Waals surface area contributed by atoms with Gasteiger partial charge in [-0.25, -0.2) is 0 Å². The Labute approximate surface area is 123 Å². The van der Waals surface area contributed by atoms with Gasteiger partial charge in [0.2, 0.25) is 0 Å². The molecule has 3 N–H and O–H groups in total. The van der Waals surface area contributed by atoms with E-state index in [2.05, 4.69) is 10.5 Å². The van der Waals surface area contributed by atoms with Crippen LogP contribution in [0.5, 0.6) is 5.75 Å². The first-order valence-electron chi connectivity index (χ1n) is 6.35. The largest absolute Gasteiger partial charge is 0.496 e. The molecule has 0 fully saturated rings. The van der Waals surface area contributed by atoms with Crippen molar-refractivity contribution in [3.8, 4) is 5.75 Å². The third kappa shape index (κ3) is 2.80. The number of nitrogens with two attached hydrogens (primary N) is 1. The minimum Gasteiger partial charge on any atom is -0.496 e. The van der Waals surface area contributed by atoms with Gasteiger partial charge in [0.15, 0.2) is 0 Å². The summed E-state index contributed by atoms with van der Waals surface area (Å²) in [4.78, 5) is 0. The van der Waals surface area contributed by atoms with Gasteiger partial charge in [-0.1, -0.05) is 29.8 Å². The van der Waals surface area contributed by atoms with Crippen LogP contribution >= 0.6 is 11.6 Å². The Kier molecular flexibility index (Phi) is 4.65. The molecule has 0 bridgehead atoms. The molecule has 1 atom stereocenters. The van der Waals surface area contributed by atoms with Crippen LogP contribution in [0.15, 0.2) is 24.3 Å². The molecule has 108 valence electrons. The third-order valence-electron chi connectivity index (χ3n) is 3.39. The van der Waals surface area contributed by atoms with E-state index in [1.807, 2.05) is 38.2 Å². The quantitative estimate of drug-likeness (QED) is 0.655. The minimum atomic E-state index is -0.0912. The summed E-state index contributed by atoms with van der Waals surface area (Å²) >= 11 is 6.28. The van der Waals surface area contributed by atoms with E-state index in [4.69, 9.17) is 22.2 Å². The van der Waals surface area contributed by atoms with Crippen LogP contribution in [0.25, 0.3) is 0 Å². The Bertz CT molecular complexity index is 597. The van der Waals surface area contributed by atoms with Gasteiger partial charge in [0.25, 0.3) is 0 Å². The lowest BCUT2D eigenvalue weighted by atomic mass is 9.99. The predicted molar refractivity (Wildman–Crippen MR) is 79.7 cm³/mol. The van der Waals surface area contributed by atoms with E-state index in [0.29, 0.717) is 11.6 Å². The third-order valence-corrected chi connectivity index (χ3v) is 3.87. The summed E-state index contributed by atoms with van der Waals surface area (Å²) in [5, 5.41) is 4.96. The lowest BCUT2D eigenvalue weighted by Gasteiger charge is -2.19. The molecule has 6 heteroatoms. The molecule has 0 aliphatic rings. The van der Waals surface area contributed by atoms with Crippen molar-refractivity contribution in [2.75, 3.05) is 7.11 Å². The number of ether oxygens (including phenoxy) is 1. The molecule has 1 aromatic carbocycles. The van der Waals surface area contributed by atoms with Crippen LogP contribution in [0.4, 0.5) is 0 Å². The van der Waals surface area contributed by atoms with Gasteiger partial charge in [-0.2, -0.15) is 5.10 Å². The highest BCUT2D eigenvalue weighted by Crippen LogP contribution is 2.30. The first kappa shape index (κ1) is 14.8. The van der Waals surface area contributed by atoms with Crippen molar-refractivity contribution in [2.24, 2.45) is 12.9 Å². The van der Waals surface area contributed by atoms with E-state index >= 15 is 0 Å². The van der Waals surface area contributed by atoms with Crippen LogP contribution < -0.4 is 16.0 Å². The number of aryl methyl sites for hydroxylation is 2. The molecule has 5 nitrogen and oxygen atoms in total. The topological polar surface area (TPSA) is 65.1 Å². The number of hydrazine groups is 1. The van der Waals surface area contributed by atoms with Gasteiger partial charge in [-0.3, -0.25) is 16.0 Å². The summed E-state index contributed by atoms with van der Waals surface area (Å²) in [5.41, 5.74) is 5.73. The summed E-state index contributed by atoms with van der Waals surface area (Å²) in [5.74, 6) is 6.51. The van der Waals surface area contributed by atoms with Crippen LogP contribution in [0.3, 0.4) is 0 Å². The van der Waals surface area contributed by atoms with Crippen molar-refractivity contribution < 1.29 is 4.74 Å². The summed E-state index contributed by atoms with van der Waals surface area (Å²) < 4.78 is 7.05. The van der Waals surface area contributed by atoms with Gasteiger partial charge in [0, 0.05) is 18.2 Å².